The van der Waals surface area contributed by atoms with Gasteiger partial charge in [-0.05, 0) is 61.1 Å². The van der Waals surface area contributed by atoms with E-state index in [0.29, 0.717) is 17.1 Å². The Labute approximate surface area is 255 Å². The molecule has 0 unspecified atom stereocenters. The van der Waals surface area contributed by atoms with Crippen LogP contribution < -0.4 is 15.4 Å². The number of nitrogens with one attached hydrogen (secondary N) is 2. The average Bonchev–Trinajstić information content (AvgIpc) is 3.31. The third-order valence-electron chi connectivity index (χ3n) is 8.95. The molecule has 0 saturated carbocycles. The maximum Gasteiger partial charge on any atom is 0.342 e. The first-order valence-electron chi connectivity index (χ1n) is 15.7. The van der Waals surface area contributed by atoms with Crippen LogP contribution >= 0.6 is 0 Å². The summed E-state index contributed by atoms with van der Waals surface area (Å²) < 4.78 is 13.0. The Bertz CT molecular complexity index is 1580. The lowest BCUT2D eigenvalue weighted by Crippen LogP contribution is -2.33. The van der Waals surface area contributed by atoms with Crippen molar-refractivity contribution in [1.29, 1.82) is 0 Å². The van der Waals surface area contributed by atoms with Crippen LogP contribution in [-0.2, 0) is 10.3 Å². The van der Waals surface area contributed by atoms with E-state index in [4.69, 9.17) is 9.47 Å². The Balaban J connectivity index is 1.46. The number of rotatable bonds is 11. The molecule has 0 fully saturated rings. The highest BCUT2D eigenvalue weighted by Gasteiger charge is 2.56. The van der Waals surface area contributed by atoms with E-state index < -0.39 is 5.60 Å². The molecule has 0 radical (unpaired) electrons. The van der Waals surface area contributed by atoms with Gasteiger partial charge in [0, 0.05) is 34.6 Å². The second-order valence-corrected chi connectivity index (χ2v) is 12.7. The summed E-state index contributed by atoms with van der Waals surface area (Å²) in [5.41, 5.74) is 5.77. The summed E-state index contributed by atoms with van der Waals surface area (Å²) in [5, 5.41) is 7.34. The lowest BCUT2D eigenvalue weighted by Gasteiger charge is -2.37. The molecule has 0 amide bonds. The van der Waals surface area contributed by atoms with Gasteiger partial charge in [0.05, 0.1) is 11.3 Å². The fourth-order valence-electron chi connectivity index (χ4n) is 6.62. The first-order valence-corrected chi connectivity index (χ1v) is 15.7. The van der Waals surface area contributed by atoms with E-state index in [-0.39, 0.29) is 11.4 Å². The molecule has 6 rings (SSSR count). The maximum atomic E-state index is 14.1. The second-order valence-electron chi connectivity index (χ2n) is 12.7. The van der Waals surface area contributed by atoms with E-state index in [0.717, 1.165) is 52.3 Å². The molecule has 2 N–H and O–H groups in total. The van der Waals surface area contributed by atoms with Gasteiger partial charge >= 0.3 is 5.97 Å². The normalized spacial score (nSPS) is 14.4. The summed E-state index contributed by atoms with van der Waals surface area (Å²) in [7, 11) is 0. The molecule has 5 heteroatoms. The molecule has 4 aromatic carbocycles. The summed E-state index contributed by atoms with van der Waals surface area (Å²) >= 11 is 0. The predicted octanol–water partition coefficient (Wildman–Crippen LogP) is 10.1. The van der Waals surface area contributed by atoms with Gasteiger partial charge in [0.15, 0.2) is 5.60 Å². The van der Waals surface area contributed by atoms with Crippen molar-refractivity contribution in [3.63, 3.8) is 0 Å². The fourth-order valence-corrected chi connectivity index (χ4v) is 6.62. The Morgan fingerprint density at radius 1 is 0.814 bits per heavy atom. The number of carbonyl (C=O) groups excluding carboxylic acids is 1. The van der Waals surface area contributed by atoms with Gasteiger partial charge in [-0.2, -0.15) is 0 Å². The largest absolute Gasteiger partial charge is 0.456 e. The number of fused-ring (bicyclic) bond motifs is 6. The lowest BCUT2D eigenvalue weighted by molar-refractivity contribution is 0.0226. The lowest BCUT2D eigenvalue weighted by atomic mass is 9.76. The third-order valence-corrected chi connectivity index (χ3v) is 8.95. The van der Waals surface area contributed by atoms with Gasteiger partial charge in [-0.1, -0.05) is 101 Å². The van der Waals surface area contributed by atoms with Gasteiger partial charge in [-0.3, -0.25) is 0 Å². The highest BCUT2D eigenvalue weighted by Crippen LogP contribution is 2.59. The molecule has 5 nitrogen and oxygen atoms in total. The number of unbranched alkanes of at least 4 members (excludes halogenated alkanes) is 3. The molecule has 1 spiro atoms. The minimum Gasteiger partial charge on any atom is -0.456 e. The highest BCUT2D eigenvalue weighted by atomic mass is 16.6. The third kappa shape index (κ3) is 5.37. The van der Waals surface area contributed by atoms with Crippen LogP contribution in [0, 0.1) is 12.3 Å². The van der Waals surface area contributed by atoms with Crippen LogP contribution in [0.15, 0.2) is 84.9 Å². The molecule has 0 saturated heterocycles. The van der Waals surface area contributed by atoms with E-state index in [2.05, 4.69) is 44.4 Å². The molecule has 2 aliphatic heterocycles. The second kappa shape index (κ2) is 11.8. The van der Waals surface area contributed by atoms with Crippen LogP contribution in [0.1, 0.15) is 91.9 Å². The van der Waals surface area contributed by atoms with Crippen LogP contribution in [0.25, 0.3) is 0 Å². The number of benzene rings is 4. The number of hydrogen-bond acceptors (Lipinski definition) is 5. The van der Waals surface area contributed by atoms with Crippen LogP contribution in [0.3, 0.4) is 0 Å². The number of aryl methyl sites for hydroxylation is 1. The number of esters is 1. The quantitative estimate of drug-likeness (QED) is 0.138. The Hall–Kier alpha value is -4.25. The molecule has 0 atom stereocenters. The monoisotopic (exact) mass is 574 g/mol. The zero-order valence-electron chi connectivity index (χ0n) is 25.8. The van der Waals surface area contributed by atoms with Gasteiger partial charge in [-0.25, -0.2) is 4.79 Å². The molecule has 0 bridgehead atoms. The van der Waals surface area contributed by atoms with Crippen molar-refractivity contribution in [2.45, 2.75) is 71.8 Å². The zero-order chi connectivity index (χ0) is 30.0. The van der Waals surface area contributed by atoms with E-state index in [9.17, 15) is 4.79 Å². The molecular formula is C38H42N2O3. The van der Waals surface area contributed by atoms with Crippen molar-refractivity contribution in [2.75, 3.05) is 17.2 Å². The fraction of sp³-hybridized carbons (Fsp3) is 0.342. The van der Waals surface area contributed by atoms with Crippen molar-refractivity contribution >= 4 is 23.0 Å². The van der Waals surface area contributed by atoms with Crippen LogP contribution in [0.5, 0.6) is 11.5 Å². The van der Waals surface area contributed by atoms with Crippen molar-refractivity contribution < 1.29 is 14.3 Å². The average molecular weight is 575 g/mol. The van der Waals surface area contributed by atoms with Crippen molar-refractivity contribution in [3.8, 4) is 11.5 Å². The zero-order valence-corrected chi connectivity index (χ0v) is 25.8. The highest BCUT2D eigenvalue weighted by molar-refractivity contribution is 6.05. The van der Waals surface area contributed by atoms with E-state index in [1.165, 1.54) is 32.1 Å². The molecule has 222 valence electrons. The van der Waals surface area contributed by atoms with Crippen LogP contribution in [0.2, 0.25) is 0 Å². The van der Waals surface area contributed by atoms with Gasteiger partial charge in [0.25, 0.3) is 0 Å². The number of para-hydroxylation sites is 3. The molecule has 4 aromatic rings. The molecule has 43 heavy (non-hydrogen) atoms. The summed E-state index contributed by atoms with van der Waals surface area (Å²) in [6.45, 7) is 9.82. The minimum absolute atomic E-state index is 0.216. The summed E-state index contributed by atoms with van der Waals surface area (Å²) in [6.07, 6.45) is 7.30. The number of hydrogen-bond donors (Lipinski definition) is 2. The van der Waals surface area contributed by atoms with E-state index in [1.807, 2.05) is 78.9 Å². The smallest absolute Gasteiger partial charge is 0.342 e. The Kier molecular flexibility index (Phi) is 7.91. The van der Waals surface area contributed by atoms with Gasteiger partial charge in [0.1, 0.15) is 11.5 Å². The number of ether oxygens (including phenoxy) is 2. The number of anilines is 3. The standard InChI is InChI=1S/C38H42N2O3/c1-5-6-7-15-22-37(3,4)23-24-39-30-25-26(2)35(40-27-16-9-8-10-17-27)34-33(30)36(41)43-38(34)28-18-11-13-20-31(28)42-32-21-14-12-19-29(32)38/h8-14,16-21,25,39-40H,5-7,15,22-24H2,1-4H3. The topological polar surface area (TPSA) is 59.6 Å². The first kappa shape index (κ1) is 28.9. The van der Waals surface area contributed by atoms with Crippen LogP contribution in [0.4, 0.5) is 17.1 Å². The van der Waals surface area contributed by atoms with Gasteiger partial charge < -0.3 is 20.1 Å². The summed E-state index contributed by atoms with van der Waals surface area (Å²) in [4.78, 5) is 14.1. The summed E-state index contributed by atoms with van der Waals surface area (Å²) in [5.74, 6) is 1.04. The predicted molar refractivity (Wildman–Crippen MR) is 175 cm³/mol. The van der Waals surface area contributed by atoms with E-state index in [1.54, 1.807) is 0 Å². The Morgan fingerprint density at radius 2 is 1.47 bits per heavy atom. The van der Waals surface area contributed by atoms with Gasteiger partial charge in [0.2, 0.25) is 0 Å². The maximum absolute atomic E-state index is 14.1. The SMILES string of the molecule is CCCCCCC(C)(C)CCNc1cc(C)c(Nc2ccccc2)c2c1C(=O)OC21c2ccccc2Oc2ccccc21. The molecular weight excluding hydrogens is 532 g/mol. The van der Waals surface area contributed by atoms with Crippen molar-refractivity contribution in [2.24, 2.45) is 5.41 Å². The van der Waals surface area contributed by atoms with Crippen molar-refractivity contribution in [1.82, 2.24) is 0 Å². The molecule has 2 aliphatic rings. The first-order chi connectivity index (χ1) is 20.8. The van der Waals surface area contributed by atoms with Crippen molar-refractivity contribution in [3.05, 3.63) is 113 Å². The molecule has 0 aliphatic carbocycles. The van der Waals surface area contributed by atoms with Gasteiger partial charge in [-0.15, -0.1) is 0 Å². The molecule has 0 aromatic heterocycles. The summed E-state index contributed by atoms with van der Waals surface area (Å²) in [6, 6.07) is 28.0. The van der Waals surface area contributed by atoms with E-state index >= 15 is 0 Å². The number of carbonyl (C=O) groups is 1. The van der Waals surface area contributed by atoms with Crippen LogP contribution in [-0.4, -0.2) is 12.5 Å². The Morgan fingerprint density at radius 3 is 2.14 bits per heavy atom. The minimum atomic E-state index is -1.16. The molecule has 2 heterocycles.